The number of benzene rings is 1. The lowest BCUT2D eigenvalue weighted by Gasteiger charge is -2.30. The third kappa shape index (κ3) is 5.82. The highest BCUT2D eigenvalue weighted by Gasteiger charge is 2.49. The van der Waals surface area contributed by atoms with Crippen molar-refractivity contribution < 1.29 is 47.2 Å². The van der Waals surface area contributed by atoms with Crippen LogP contribution in [0.2, 0.25) is 5.28 Å². The van der Waals surface area contributed by atoms with Crippen LogP contribution in [-0.2, 0) is 35.5 Å². The van der Waals surface area contributed by atoms with Gasteiger partial charge in [0.25, 0.3) is 5.60 Å². The average Bonchev–Trinajstić information content (AvgIpc) is 3.26. The smallest absolute Gasteiger partial charge is 0.348 e. The fourth-order valence-corrected chi connectivity index (χ4v) is 4.15. The van der Waals surface area contributed by atoms with Crippen LogP contribution in [0.15, 0.2) is 35.5 Å². The van der Waals surface area contributed by atoms with Gasteiger partial charge in [-0.05, 0) is 29.3 Å². The van der Waals surface area contributed by atoms with Gasteiger partial charge in [0, 0.05) is 13.5 Å². The molecule has 0 fully saturated rings. The number of methoxy groups -OCH3 is 1. The molecule has 206 valence electrons. The van der Waals surface area contributed by atoms with Crippen molar-refractivity contribution in [3.05, 3.63) is 41.4 Å². The maximum absolute atomic E-state index is 15.3. The first-order chi connectivity index (χ1) is 17.7. The number of carboxylic acids is 2. The van der Waals surface area contributed by atoms with Crippen molar-refractivity contribution >= 4 is 50.5 Å². The first-order valence-electron chi connectivity index (χ1n) is 10.4. The van der Waals surface area contributed by atoms with Gasteiger partial charge >= 0.3 is 11.9 Å². The number of primary sulfonamides is 1. The number of rotatable bonds is 12. The number of imidazole rings is 1. The Hall–Kier alpha value is -3.48. The van der Waals surface area contributed by atoms with Crippen molar-refractivity contribution in [2.45, 2.75) is 35.4 Å². The number of anilines is 1. The van der Waals surface area contributed by atoms with Gasteiger partial charge in [-0.2, -0.15) is 9.97 Å². The Labute approximate surface area is 218 Å². The van der Waals surface area contributed by atoms with Gasteiger partial charge in [0.2, 0.25) is 21.6 Å². The van der Waals surface area contributed by atoms with Gasteiger partial charge in [-0.15, -0.1) is 0 Å². The molecule has 0 spiro atoms. The summed E-state index contributed by atoms with van der Waals surface area (Å²) in [6, 6.07) is 4.44. The summed E-state index contributed by atoms with van der Waals surface area (Å²) in [5.74, 6) is -3.97. The van der Waals surface area contributed by atoms with Gasteiger partial charge in [0.05, 0.1) is 17.8 Å². The monoisotopic (exact) mass is 576 g/mol. The molecule has 0 radical (unpaired) electrons. The van der Waals surface area contributed by atoms with E-state index in [2.05, 4.69) is 15.0 Å². The van der Waals surface area contributed by atoms with Crippen molar-refractivity contribution in [2.75, 3.05) is 19.5 Å². The van der Waals surface area contributed by atoms with E-state index in [-0.39, 0.29) is 32.7 Å². The zero-order valence-electron chi connectivity index (χ0n) is 19.4. The second-order valence-electron chi connectivity index (χ2n) is 7.95. The molecule has 15 nitrogen and oxygen atoms in total. The highest BCUT2D eigenvalue weighted by atomic mass is 35.5. The second kappa shape index (κ2) is 11.1. The van der Waals surface area contributed by atoms with Gasteiger partial charge in [-0.25, -0.2) is 32.5 Å². The lowest BCUT2D eigenvalue weighted by Crippen LogP contribution is -2.53. The van der Waals surface area contributed by atoms with Crippen molar-refractivity contribution in [3.8, 4) is 0 Å². The van der Waals surface area contributed by atoms with E-state index in [0.717, 1.165) is 42.3 Å². The predicted molar refractivity (Wildman–Crippen MR) is 127 cm³/mol. The van der Waals surface area contributed by atoms with E-state index < -0.39 is 59.1 Å². The fourth-order valence-electron chi connectivity index (χ4n) is 3.47. The number of carbonyl (C=O) groups is 2. The number of ether oxygens (including phenoxy) is 2. The first kappa shape index (κ1) is 29.1. The Morgan fingerprint density at radius 1 is 1.21 bits per heavy atom. The molecular formula is C20H22ClFN6O9S. The molecule has 3 aromatic rings. The SMILES string of the molecule is CO[C@H](COC(Cc1ccc(S(N)(=O)=O)cc1)(C(=O)O)C(=O)O)[C@@H](O)[C@H](F)n1cnc2c(N)nc(Cl)nc21. The van der Waals surface area contributed by atoms with Crippen molar-refractivity contribution in [1.82, 2.24) is 19.5 Å². The van der Waals surface area contributed by atoms with Gasteiger partial charge in [0.15, 0.2) is 11.5 Å². The van der Waals surface area contributed by atoms with Crippen LogP contribution in [0.25, 0.3) is 11.2 Å². The highest BCUT2D eigenvalue weighted by Crippen LogP contribution is 2.27. The number of carboxylic acid groups (broad SMARTS) is 2. The topological polar surface area (TPSA) is 243 Å². The standard InChI is InChI=1S/C20H22ClFN6O9S/c1-36-11(13(29)14(22)28-8-25-12-15(23)26-19(21)27-16(12)28)7-37-20(17(30)31,18(32)33)6-9-2-4-10(5-3-9)38(24,34)35/h2-5,8,11,13-14,29H,6-7H2,1H3,(H,30,31)(H,32,33)(H2,23,26,27)(H2,24,34,35)/t11-,13-,14-/m1/s1. The molecule has 2 aromatic heterocycles. The molecule has 1 aromatic carbocycles. The molecule has 18 heteroatoms. The summed E-state index contributed by atoms with van der Waals surface area (Å²) >= 11 is 5.76. The summed E-state index contributed by atoms with van der Waals surface area (Å²) in [6.45, 7) is -0.892. The lowest BCUT2D eigenvalue weighted by atomic mass is 9.94. The number of aliphatic hydroxyl groups excluding tert-OH is 1. The number of nitrogen functional groups attached to an aromatic ring is 1. The fraction of sp³-hybridized carbons (Fsp3) is 0.350. The zero-order valence-corrected chi connectivity index (χ0v) is 21.0. The molecule has 0 unspecified atom stereocenters. The molecule has 3 atom stereocenters. The van der Waals surface area contributed by atoms with Crippen LogP contribution in [-0.4, -0.2) is 86.7 Å². The highest BCUT2D eigenvalue weighted by molar-refractivity contribution is 7.89. The number of alkyl halides is 1. The van der Waals surface area contributed by atoms with Crippen LogP contribution >= 0.6 is 11.6 Å². The van der Waals surface area contributed by atoms with E-state index in [0.29, 0.717) is 0 Å². The van der Waals surface area contributed by atoms with Gasteiger partial charge in [-0.1, -0.05) is 12.1 Å². The Kier molecular flexibility index (Phi) is 8.49. The number of sulfonamides is 1. The van der Waals surface area contributed by atoms with Crippen LogP contribution in [0.1, 0.15) is 11.9 Å². The Balaban J connectivity index is 1.85. The molecule has 38 heavy (non-hydrogen) atoms. The van der Waals surface area contributed by atoms with Crippen molar-refractivity contribution in [2.24, 2.45) is 5.14 Å². The van der Waals surface area contributed by atoms with E-state index in [1.54, 1.807) is 0 Å². The van der Waals surface area contributed by atoms with E-state index >= 15 is 4.39 Å². The molecule has 7 N–H and O–H groups in total. The minimum absolute atomic E-state index is 0.00121. The molecule has 0 amide bonds. The third-order valence-electron chi connectivity index (χ3n) is 5.54. The molecule has 0 aliphatic carbocycles. The van der Waals surface area contributed by atoms with Crippen molar-refractivity contribution in [3.63, 3.8) is 0 Å². The summed E-state index contributed by atoms with van der Waals surface area (Å²) in [5, 5.41) is 34.8. The summed E-state index contributed by atoms with van der Waals surface area (Å²) in [5.41, 5.74) is 2.69. The number of aromatic nitrogens is 4. The molecule has 0 saturated carbocycles. The normalized spacial score (nSPS) is 14.8. The van der Waals surface area contributed by atoms with E-state index in [1.807, 2.05) is 0 Å². The zero-order chi connectivity index (χ0) is 28.4. The van der Waals surface area contributed by atoms with Gasteiger partial charge < -0.3 is 30.5 Å². The molecule has 2 heterocycles. The molecule has 0 aliphatic rings. The number of halogens is 2. The molecular weight excluding hydrogens is 555 g/mol. The average molecular weight is 577 g/mol. The summed E-state index contributed by atoms with van der Waals surface area (Å²) in [7, 11) is -2.99. The van der Waals surface area contributed by atoms with Crippen LogP contribution < -0.4 is 10.9 Å². The largest absolute Gasteiger partial charge is 0.479 e. The van der Waals surface area contributed by atoms with Crippen LogP contribution in [0, 0.1) is 0 Å². The minimum Gasteiger partial charge on any atom is -0.479 e. The third-order valence-corrected chi connectivity index (χ3v) is 6.64. The number of nitrogens with zero attached hydrogens (tertiary/aromatic N) is 4. The molecule has 0 aliphatic heterocycles. The summed E-state index contributed by atoms with van der Waals surface area (Å²) < 4.78 is 49.3. The molecule has 0 bridgehead atoms. The van der Waals surface area contributed by atoms with E-state index in [1.165, 1.54) is 0 Å². The quantitative estimate of drug-likeness (QED) is 0.138. The summed E-state index contributed by atoms with van der Waals surface area (Å²) in [6.07, 6.45) is -5.72. The summed E-state index contributed by atoms with van der Waals surface area (Å²) in [4.78, 5) is 35.2. The van der Waals surface area contributed by atoms with E-state index in [4.69, 9.17) is 31.9 Å². The number of aliphatic carboxylic acids is 2. The van der Waals surface area contributed by atoms with Gasteiger partial charge in [-0.3, -0.25) is 4.57 Å². The number of aliphatic hydroxyl groups is 1. The maximum Gasteiger partial charge on any atom is 0.348 e. The number of hydrogen-bond acceptors (Lipinski definition) is 11. The number of fused-ring (bicyclic) bond motifs is 1. The predicted octanol–water partition coefficient (Wildman–Crippen LogP) is -0.279. The number of nitrogens with two attached hydrogens (primary N) is 2. The lowest BCUT2D eigenvalue weighted by molar-refractivity contribution is -0.192. The minimum atomic E-state index is -4.05. The Morgan fingerprint density at radius 3 is 2.34 bits per heavy atom. The van der Waals surface area contributed by atoms with Crippen molar-refractivity contribution in [1.29, 1.82) is 0 Å². The molecule has 3 rings (SSSR count). The molecule has 0 saturated heterocycles. The number of hydrogen-bond donors (Lipinski definition) is 5. The van der Waals surface area contributed by atoms with Crippen LogP contribution in [0.3, 0.4) is 0 Å². The first-order valence-corrected chi connectivity index (χ1v) is 12.4. The van der Waals surface area contributed by atoms with Crippen LogP contribution in [0.5, 0.6) is 0 Å². The van der Waals surface area contributed by atoms with E-state index in [9.17, 15) is 33.3 Å². The Bertz CT molecular complexity index is 1440. The second-order valence-corrected chi connectivity index (χ2v) is 9.85. The van der Waals surface area contributed by atoms with Gasteiger partial charge in [0.1, 0.15) is 17.7 Å². The van der Waals surface area contributed by atoms with Crippen LogP contribution in [0.4, 0.5) is 10.2 Å². The maximum atomic E-state index is 15.3. The Morgan fingerprint density at radius 2 is 1.82 bits per heavy atom.